The van der Waals surface area contributed by atoms with Crippen molar-refractivity contribution in [2.45, 2.75) is 25.8 Å². The highest BCUT2D eigenvalue weighted by molar-refractivity contribution is 5.77. The lowest BCUT2D eigenvalue weighted by Crippen LogP contribution is -2.20. The molecule has 0 saturated carbocycles. The summed E-state index contributed by atoms with van der Waals surface area (Å²) in [6.07, 6.45) is 3.91. The fourth-order valence-electron chi connectivity index (χ4n) is 2.74. The van der Waals surface area contributed by atoms with Gasteiger partial charge in [-0.25, -0.2) is 4.98 Å². The number of fused-ring (bicyclic) bond motifs is 1. The van der Waals surface area contributed by atoms with E-state index in [2.05, 4.69) is 21.7 Å². The molecular weight excluding hydrogens is 318 g/mol. The van der Waals surface area contributed by atoms with Gasteiger partial charge in [-0.3, -0.25) is 4.79 Å². The van der Waals surface area contributed by atoms with E-state index in [9.17, 15) is 4.79 Å². The van der Waals surface area contributed by atoms with Gasteiger partial charge in [-0.15, -0.1) is 0 Å². The number of anilines is 1. The Morgan fingerprint density at radius 3 is 2.96 bits per heavy atom. The highest BCUT2D eigenvalue weighted by Crippen LogP contribution is 2.21. The first kappa shape index (κ1) is 17.1. The van der Waals surface area contributed by atoms with Crippen LogP contribution in [0.25, 0.3) is 0 Å². The number of pyridine rings is 1. The fourth-order valence-corrected chi connectivity index (χ4v) is 2.74. The summed E-state index contributed by atoms with van der Waals surface area (Å²) in [7, 11) is 1.64. The van der Waals surface area contributed by atoms with Crippen LogP contribution in [0, 0.1) is 0 Å². The number of aromatic nitrogens is 1. The monoisotopic (exact) mass is 341 g/mol. The van der Waals surface area contributed by atoms with Crippen molar-refractivity contribution in [1.82, 2.24) is 10.3 Å². The lowest BCUT2D eigenvalue weighted by molar-refractivity contribution is -0.121. The average Bonchev–Trinajstić information content (AvgIpc) is 2.83. The normalized spacial score (nSPS) is 13.4. The van der Waals surface area contributed by atoms with Gasteiger partial charge in [0.15, 0.2) is 0 Å². The molecule has 0 aliphatic carbocycles. The van der Waals surface area contributed by atoms with Gasteiger partial charge < -0.3 is 20.1 Å². The third-order valence-corrected chi connectivity index (χ3v) is 4.14. The van der Waals surface area contributed by atoms with E-state index in [4.69, 9.17) is 9.47 Å². The minimum absolute atomic E-state index is 0.107. The molecule has 6 heteroatoms. The molecular formula is C19H23N3O3. The standard InChI is InChI=1S/C19H23N3O3/c1-24-16-7-9-21-18(12-16)20-8-2-10-25-17-5-3-14-4-6-19(23)22-13-15(14)11-17/h3,5,7,9,11-12H,2,4,6,8,10,13H2,1H3,(H,20,21)(H,22,23). The lowest BCUT2D eigenvalue weighted by Gasteiger charge is -2.11. The van der Waals surface area contributed by atoms with Crippen LogP contribution in [0.3, 0.4) is 0 Å². The van der Waals surface area contributed by atoms with E-state index in [1.165, 1.54) is 5.56 Å². The number of nitrogens with one attached hydrogen (secondary N) is 2. The SMILES string of the molecule is COc1ccnc(NCCCOc2ccc3c(c2)CNC(=O)CC3)c1. The van der Waals surface area contributed by atoms with Crippen molar-refractivity contribution in [3.05, 3.63) is 47.7 Å². The molecule has 1 amide bonds. The molecule has 1 aromatic heterocycles. The van der Waals surface area contributed by atoms with Crippen LogP contribution >= 0.6 is 0 Å². The fraction of sp³-hybridized carbons (Fsp3) is 0.368. The molecule has 132 valence electrons. The number of hydrogen-bond donors (Lipinski definition) is 2. The van der Waals surface area contributed by atoms with Gasteiger partial charge in [0.25, 0.3) is 0 Å². The van der Waals surface area contributed by atoms with Crippen LogP contribution in [0.1, 0.15) is 24.0 Å². The number of carbonyl (C=O) groups is 1. The van der Waals surface area contributed by atoms with E-state index in [1.807, 2.05) is 24.3 Å². The van der Waals surface area contributed by atoms with Crippen LogP contribution in [0.4, 0.5) is 5.82 Å². The van der Waals surface area contributed by atoms with Crippen molar-refractivity contribution >= 4 is 11.7 Å². The highest BCUT2D eigenvalue weighted by Gasteiger charge is 2.12. The molecule has 0 bridgehead atoms. The maximum Gasteiger partial charge on any atom is 0.220 e. The molecule has 0 fully saturated rings. The van der Waals surface area contributed by atoms with Gasteiger partial charge >= 0.3 is 0 Å². The minimum atomic E-state index is 0.107. The Morgan fingerprint density at radius 1 is 1.16 bits per heavy atom. The number of aryl methyl sites for hydroxylation is 1. The molecule has 1 aromatic carbocycles. The summed E-state index contributed by atoms with van der Waals surface area (Å²) >= 11 is 0. The maximum absolute atomic E-state index is 11.5. The molecule has 2 N–H and O–H groups in total. The highest BCUT2D eigenvalue weighted by atomic mass is 16.5. The van der Waals surface area contributed by atoms with Crippen molar-refractivity contribution in [2.75, 3.05) is 25.6 Å². The van der Waals surface area contributed by atoms with Gasteiger partial charge in [0.1, 0.15) is 17.3 Å². The molecule has 0 radical (unpaired) electrons. The van der Waals surface area contributed by atoms with Gasteiger partial charge in [0, 0.05) is 31.8 Å². The van der Waals surface area contributed by atoms with Gasteiger partial charge in [0.05, 0.1) is 13.7 Å². The summed E-state index contributed by atoms with van der Waals surface area (Å²) in [6.45, 7) is 1.96. The molecule has 2 aromatic rings. The van der Waals surface area contributed by atoms with E-state index in [0.29, 0.717) is 19.6 Å². The average molecular weight is 341 g/mol. The van der Waals surface area contributed by atoms with Crippen molar-refractivity contribution < 1.29 is 14.3 Å². The molecule has 0 spiro atoms. The molecule has 0 saturated heterocycles. The topological polar surface area (TPSA) is 72.5 Å². The Balaban J connectivity index is 1.44. The number of benzene rings is 1. The summed E-state index contributed by atoms with van der Waals surface area (Å²) in [5.74, 6) is 2.52. The van der Waals surface area contributed by atoms with E-state index in [1.54, 1.807) is 13.3 Å². The number of hydrogen-bond acceptors (Lipinski definition) is 5. The largest absolute Gasteiger partial charge is 0.497 e. The molecule has 2 heterocycles. The zero-order valence-corrected chi connectivity index (χ0v) is 14.4. The Morgan fingerprint density at radius 2 is 2.08 bits per heavy atom. The second-order valence-corrected chi connectivity index (χ2v) is 5.92. The molecule has 1 aliphatic rings. The third kappa shape index (κ3) is 4.86. The Kier molecular flexibility index (Phi) is 5.72. The van der Waals surface area contributed by atoms with Crippen LogP contribution in [-0.2, 0) is 17.8 Å². The Bertz CT molecular complexity index is 734. The number of amides is 1. The summed E-state index contributed by atoms with van der Waals surface area (Å²) in [5, 5.41) is 6.16. The summed E-state index contributed by atoms with van der Waals surface area (Å²) in [5.41, 5.74) is 2.36. The first-order valence-corrected chi connectivity index (χ1v) is 8.50. The Labute approximate surface area is 147 Å². The molecule has 6 nitrogen and oxygen atoms in total. The van der Waals surface area contributed by atoms with Crippen LogP contribution in [0.15, 0.2) is 36.5 Å². The number of rotatable bonds is 7. The van der Waals surface area contributed by atoms with Gasteiger partial charge in [-0.05, 0) is 42.2 Å². The molecule has 25 heavy (non-hydrogen) atoms. The minimum Gasteiger partial charge on any atom is -0.497 e. The van der Waals surface area contributed by atoms with Gasteiger partial charge in [0.2, 0.25) is 5.91 Å². The number of ether oxygens (including phenoxy) is 2. The van der Waals surface area contributed by atoms with Crippen molar-refractivity contribution in [3.8, 4) is 11.5 Å². The lowest BCUT2D eigenvalue weighted by atomic mass is 10.0. The summed E-state index contributed by atoms with van der Waals surface area (Å²) < 4.78 is 11.0. The predicted octanol–water partition coefficient (Wildman–Crippen LogP) is 2.53. The summed E-state index contributed by atoms with van der Waals surface area (Å²) in [6, 6.07) is 9.74. The van der Waals surface area contributed by atoms with Gasteiger partial charge in [-0.1, -0.05) is 6.07 Å². The smallest absolute Gasteiger partial charge is 0.220 e. The predicted molar refractivity (Wildman–Crippen MR) is 96.0 cm³/mol. The first-order valence-electron chi connectivity index (χ1n) is 8.50. The first-order chi connectivity index (χ1) is 12.2. The third-order valence-electron chi connectivity index (χ3n) is 4.14. The molecule has 0 unspecified atom stereocenters. The van der Waals surface area contributed by atoms with Crippen LogP contribution in [0.5, 0.6) is 11.5 Å². The van der Waals surface area contributed by atoms with E-state index in [-0.39, 0.29) is 5.91 Å². The van der Waals surface area contributed by atoms with Gasteiger partial charge in [-0.2, -0.15) is 0 Å². The number of methoxy groups -OCH3 is 1. The van der Waals surface area contributed by atoms with E-state index >= 15 is 0 Å². The van der Waals surface area contributed by atoms with Crippen LogP contribution in [-0.4, -0.2) is 31.2 Å². The van der Waals surface area contributed by atoms with Crippen molar-refractivity contribution in [3.63, 3.8) is 0 Å². The molecule has 1 aliphatic heterocycles. The van der Waals surface area contributed by atoms with E-state index in [0.717, 1.165) is 42.3 Å². The number of nitrogens with zero attached hydrogens (tertiary/aromatic N) is 1. The zero-order chi connectivity index (χ0) is 17.5. The van der Waals surface area contributed by atoms with Crippen LogP contribution in [0.2, 0.25) is 0 Å². The quantitative estimate of drug-likeness (QED) is 0.757. The molecule has 0 atom stereocenters. The number of carbonyl (C=O) groups excluding carboxylic acids is 1. The van der Waals surface area contributed by atoms with Crippen molar-refractivity contribution in [1.29, 1.82) is 0 Å². The zero-order valence-electron chi connectivity index (χ0n) is 14.4. The second-order valence-electron chi connectivity index (χ2n) is 5.92. The van der Waals surface area contributed by atoms with Crippen molar-refractivity contribution in [2.24, 2.45) is 0 Å². The van der Waals surface area contributed by atoms with E-state index < -0.39 is 0 Å². The van der Waals surface area contributed by atoms with Crippen LogP contribution < -0.4 is 20.1 Å². The summed E-state index contributed by atoms with van der Waals surface area (Å²) in [4.78, 5) is 15.7. The Hall–Kier alpha value is -2.76. The molecule has 3 rings (SSSR count). The second kappa shape index (κ2) is 8.37. The maximum atomic E-state index is 11.5.